The topological polar surface area (TPSA) is 26.0 Å². The lowest BCUT2D eigenvalue weighted by atomic mass is 10.00. The van der Waals surface area contributed by atoms with Gasteiger partial charge in [-0.05, 0) is 47.6 Å². The fourth-order valence-electron chi connectivity index (χ4n) is 2.70. The average molecular weight is 381 g/mol. The molecule has 0 bridgehead atoms. The highest BCUT2D eigenvalue weighted by Gasteiger charge is 2.43. The lowest BCUT2D eigenvalue weighted by Crippen LogP contribution is -2.14. The molecule has 3 heteroatoms. The maximum absolute atomic E-state index is 6.45. The average Bonchev–Trinajstić information content (AvgIpc) is 3.22. The molecule has 1 aliphatic rings. The predicted octanol–water partition coefficient (Wildman–Crippen LogP) is 5.02. The second-order valence-corrected chi connectivity index (χ2v) is 6.88. The van der Waals surface area contributed by atoms with E-state index in [2.05, 4.69) is 74.3 Å². The van der Waals surface area contributed by atoms with E-state index in [0.29, 0.717) is 11.8 Å². The largest absolute Gasteiger partial charge is 0.324 e. The Morgan fingerprint density at radius 1 is 1.05 bits per heavy atom. The van der Waals surface area contributed by atoms with Crippen LogP contribution in [0, 0.1) is 5.92 Å². The smallest absolute Gasteiger partial charge is 0.0341 e. The van der Waals surface area contributed by atoms with Crippen LogP contribution in [0.2, 0.25) is 0 Å². The van der Waals surface area contributed by atoms with Crippen molar-refractivity contribution in [3.8, 4) is 0 Å². The molecule has 3 unspecified atom stereocenters. The van der Waals surface area contributed by atoms with Gasteiger partial charge in [-0.3, -0.25) is 0 Å². The number of rotatable bonds is 3. The summed E-state index contributed by atoms with van der Waals surface area (Å²) >= 11 is 7.12. The van der Waals surface area contributed by atoms with E-state index in [0.717, 1.165) is 8.95 Å². The Kier molecular flexibility index (Phi) is 3.79. The van der Waals surface area contributed by atoms with Crippen LogP contribution in [0.3, 0.4) is 0 Å². The number of nitrogens with two attached hydrogens (primary N) is 1. The molecule has 0 heterocycles. The Bertz CT molecular complexity index is 583. The molecular weight excluding hydrogens is 366 g/mol. The minimum Gasteiger partial charge on any atom is -0.324 e. The van der Waals surface area contributed by atoms with Crippen molar-refractivity contribution in [2.24, 2.45) is 11.7 Å². The molecule has 0 aliphatic heterocycles. The second kappa shape index (κ2) is 5.39. The summed E-state index contributed by atoms with van der Waals surface area (Å²) in [5.74, 6) is 1.16. The summed E-state index contributed by atoms with van der Waals surface area (Å²) in [4.78, 5) is 0. The van der Waals surface area contributed by atoms with Gasteiger partial charge in [0.25, 0.3) is 0 Å². The van der Waals surface area contributed by atoms with Crippen molar-refractivity contribution < 1.29 is 0 Å². The molecule has 1 nitrogen and oxygen atoms in total. The van der Waals surface area contributed by atoms with Crippen LogP contribution < -0.4 is 5.73 Å². The number of benzene rings is 2. The van der Waals surface area contributed by atoms with E-state index >= 15 is 0 Å². The first-order valence-electron chi connectivity index (χ1n) is 6.42. The minimum absolute atomic E-state index is 0.0945. The molecule has 0 aromatic heterocycles. The number of hydrogen-bond acceptors (Lipinski definition) is 1. The van der Waals surface area contributed by atoms with Crippen LogP contribution in [0.1, 0.15) is 29.5 Å². The zero-order valence-corrected chi connectivity index (χ0v) is 13.6. The normalized spacial score (nSPS) is 23.1. The van der Waals surface area contributed by atoms with Gasteiger partial charge in [0.15, 0.2) is 0 Å². The molecule has 0 amide bonds. The summed E-state index contributed by atoms with van der Waals surface area (Å²) in [7, 11) is 0. The maximum atomic E-state index is 6.45. The maximum Gasteiger partial charge on any atom is 0.0341 e. The molecule has 1 aliphatic carbocycles. The molecule has 3 atom stereocenters. The summed E-state index contributed by atoms with van der Waals surface area (Å²) in [6, 6.07) is 17.0. The summed E-state index contributed by atoms with van der Waals surface area (Å²) in [5, 5.41) is 0. The van der Waals surface area contributed by atoms with Crippen molar-refractivity contribution in [3.63, 3.8) is 0 Å². The first-order valence-corrected chi connectivity index (χ1v) is 8.01. The van der Waals surface area contributed by atoms with E-state index in [1.807, 2.05) is 6.07 Å². The second-order valence-electron chi connectivity index (χ2n) is 5.11. The van der Waals surface area contributed by atoms with Crippen molar-refractivity contribution >= 4 is 31.9 Å². The van der Waals surface area contributed by atoms with Crippen LogP contribution in [0.4, 0.5) is 0 Å². The zero-order chi connectivity index (χ0) is 13.4. The standard InChI is InChI=1S/C16H15Br2N/c17-11-6-7-15(18)14(8-11)16(19)13-9-12(13)10-4-2-1-3-5-10/h1-8,12-13,16H,9,19H2. The van der Waals surface area contributed by atoms with Gasteiger partial charge < -0.3 is 5.73 Å². The van der Waals surface area contributed by atoms with E-state index in [1.165, 1.54) is 17.5 Å². The van der Waals surface area contributed by atoms with Gasteiger partial charge in [-0.2, -0.15) is 0 Å². The van der Waals surface area contributed by atoms with Gasteiger partial charge in [0.05, 0.1) is 0 Å². The fourth-order valence-corrected chi connectivity index (χ4v) is 3.59. The van der Waals surface area contributed by atoms with Gasteiger partial charge in [0.2, 0.25) is 0 Å². The lowest BCUT2D eigenvalue weighted by molar-refractivity contribution is 0.613. The predicted molar refractivity (Wildman–Crippen MR) is 86.1 cm³/mol. The third kappa shape index (κ3) is 2.78. The molecule has 0 saturated heterocycles. The van der Waals surface area contributed by atoms with Crippen LogP contribution in [-0.2, 0) is 0 Å². The summed E-state index contributed by atoms with van der Waals surface area (Å²) in [6.45, 7) is 0. The highest BCUT2D eigenvalue weighted by molar-refractivity contribution is 9.11. The van der Waals surface area contributed by atoms with Gasteiger partial charge in [-0.15, -0.1) is 0 Å². The molecule has 2 aromatic rings. The van der Waals surface area contributed by atoms with E-state index in [4.69, 9.17) is 5.73 Å². The molecule has 98 valence electrons. The van der Waals surface area contributed by atoms with Gasteiger partial charge in [-0.1, -0.05) is 62.2 Å². The molecule has 2 aromatic carbocycles. The molecule has 2 N–H and O–H groups in total. The van der Waals surface area contributed by atoms with E-state index in [-0.39, 0.29) is 6.04 Å². The fraction of sp³-hybridized carbons (Fsp3) is 0.250. The monoisotopic (exact) mass is 379 g/mol. The molecule has 0 spiro atoms. The van der Waals surface area contributed by atoms with Gasteiger partial charge >= 0.3 is 0 Å². The first kappa shape index (κ1) is 13.3. The van der Waals surface area contributed by atoms with Gasteiger partial charge in [-0.25, -0.2) is 0 Å². The molecule has 1 saturated carbocycles. The SMILES string of the molecule is NC(c1cc(Br)ccc1Br)C1CC1c1ccccc1. The minimum atomic E-state index is 0.0945. The molecule has 3 rings (SSSR count). The summed E-state index contributed by atoms with van der Waals surface area (Å²) in [5.41, 5.74) is 9.05. The quantitative estimate of drug-likeness (QED) is 0.795. The Hall–Kier alpha value is -0.640. The van der Waals surface area contributed by atoms with Crippen molar-refractivity contribution in [2.45, 2.75) is 18.4 Å². The Labute approximate surface area is 130 Å². The van der Waals surface area contributed by atoms with Crippen LogP contribution in [0.15, 0.2) is 57.5 Å². The summed E-state index contributed by atoms with van der Waals surface area (Å²) in [6.07, 6.45) is 1.18. The van der Waals surface area contributed by atoms with Crippen LogP contribution in [0.5, 0.6) is 0 Å². The molecule has 19 heavy (non-hydrogen) atoms. The van der Waals surface area contributed by atoms with Crippen molar-refractivity contribution in [2.75, 3.05) is 0 Å². The van der Waals surface area contributed by atoms with Crippen molar-refractivity contribution in [3.05, 3.63) is 68.6 Å². The molecular formula is C16H15Br2N. The highest BCUT2D eigenvalue weighted by atomic mass is 79.9. The Balaban J connectivity index is 1.80. The van der Waals surface area contributed by atoms with Crippen LogP contribution in [-0.4, -0.2) is 0 Å². The molecule has 0 radical (unpaired) electrons. The number of halogens is 2. The third-order valence-electron chi connectivity index (χ3n) is 3.85. The Morgan fingerprint density at radius 2 is 1.79 bits per heavy atom. The van der Waals surface area contributed by atoms with E-state index in [9.17, 15) is 0 Å². The van der Waals surface area contributed by atoms with E-state index in [1.54, 1.807) is 0 Å². The third-order valence-corrected chi connectivity index (χ3v) is 5.06. The highest BCUT2D eigenvalue weighted by Crippen LogP contribution is 2.53. The summed E-state index contributed by atoms with van der Waals surface area (Å²) < 4.78 is 2.18. The van der Waals surface area contributed by atoms with Crippen molar-refractivity contribution in [1.82, 2.24) is 0 Å². The first-order chi connectivity index (χ1) is 9.16. The van der Waals surface area contributed by atoms with Crippen LogP contribution in [0.25, 0.3) is 0 Å². The number of hydrogen-bond donors (Lipinski definition) is 1. The Morgan fingerprint density at radius 3 is 2.53 bits per heavy atom. The van der Waals surface area contributed by atoms with E-state index < -0.39 is 0 Å². The van der Waals surface area contributed by atoms with Gasteiger partial charge in [0, 0.05) is 15.0 Å². The lowest BCUT2D eigenvalue weighted by Gasteiger charge is -2.14. The van der Waals surface area contributed by atoms with Crippen LogP contribution >= 0.6 is 31.9 Å². The van der Waals surface area contributed by atoms with Gasteiger partial charge in [0.1, 0.15) is 0 Å². The van der Waals surface area contributed by atoms with Crippen molar-refractivity contribution in [1.29, 1.82) is 0 Å². The zero-order valence-electron chi connectivity index (χ0n) is 10.4. The molecule has 1 fully saturated rings.